The van der Waals surface area contributed by atoms with Gasteiger partial charge in [0.15, 0.2) is 5.16 Å². The van der Waals surface area contributed by atoms with Crippen LogP contribution < -0.4 is 11.4 Å². The molecule has 0 bridgehead atoms. The Bertz CT molecular complexity index is 635. The third-order valence-electron chi connectivity index (χ3n) is 2.61. The third kappa shape index (κ3) is 3.49. The lowest BCUT2D eigenvalue weighted by atomic mass is 10.1. The zero-order valence-electron chi connectivity index (χ0n) is 10.7. The molecule has 0 amide bonds. The van der Waals surface area contributed by atoms with Gasteiger partial charge in [-0.15, -0.1) is 5.10 Å². The van der Waals surface area contributed by atoms with Gasteiger partial charge in [-0.2, -0.15) is 0 Å². The van der Waals surface area contributed by atoms with E-state index in [1.165, 1.54) is 16.3 Å². The van der Waals surface area contributed by atoms with Crippen LogP contribution in [0, 0.1) is 0 Å². The van der Waals surface area contributed by atoms with Crippen LogP contribution in [0.3, 0.4) is 0 Å². The van der Waals surface area contributed by atoms with Crippen LogP contribution in [0.5, 0.6) is 0 Å². The van der Waals surface area contributed by atoms with Gasteiger partial charge >= 0.3 is 5.69 Å². The van der Waals surface area contributed by atoms with Crippen LogP contribution in [0.2, 0.25) is 0 Å². The number of nitrogens with two attached hydrogens (primary N) is 1. The average Bonchev–Trinajstić information content (AvgIpc) is 2.64. The zero-order valence-corrected chi connectivity index (χ0v) is 13.1. The second-order valence-electron chi connectivity index (χ2n) is 4.41. The van der Waals surface area contributed by atoms with E-state index in [0.29, 0.717) is 5.16 Å². The summed E-state index contributed by atoms with van der Waals surface area (Å²) in [7, 11) is 1.69. The van der Waals surface area contributed by atoms with Gasteiger partial charge in [0.1, 0.15) is 0 Å². The van der Waals surface area contributed by atoms with E-state index in [1.54, 1.807) is 7.05 Å². The molecule has 1 heterocycles. The van der Waals surface area contributed by atoms with E-state index in [9.17, 15) is 4.79 Å². The molecule has 0 spiro atoms. The summed E-state index contributed by atoms with van der Waals surface area (Å²) in [5, 5.41) is 7.07. The zero-order chi connectivity index (χ0) is 14.0. The lowest BCUT2D eigenvalue weighted by Gasteiger charge is -2.11. The summed E-state index contributed by atoms with van der Waals surface area (Å²) >= 11 is 4.91. The minimum atomic E-state index is -0.216. The molecule has 7 heteroatoms. The van der Waals surface area contributed by atoms with Crippen molar-refractivity contribution < 1.29 is 0 Å². The van der Waals surface area contributed by atoms with Gasteiger partial charge in [0.2, 0.25) is 0 Å². The molecule has 3 N–H and O–H groups in total. The highest BCUT2D eigenvalue weighted by molar-refractivity contribution is 9.10. The van der Waals surface area contributed by atoms with Gasteiger partial charge < -0.3 is 5.73 Å². The molecule has 0 aliphatic carbocycles. The predicted molar refractivity (Wildman–Crippen MR) is 79.4 cm³/mol. The Balaban J connectivity index is 2.35. The Labute approximate surface area is 123 Å². The lowest BCUT2D eigenvalue weighted by Crippen LogP contribution is -2.18. The number of benzene rings is 1. The van der Waals surface area contributed by atoms with Crippen molar-refractivity contribution in [2.24, 2.45) is 12.8 Å². The normalized spacial score (nSPS) is 12.6. The Morgan fingerprint density at radius 2 is 2.32 bits per heavy atom. The minimum absolute atomic E-state index is 0.0866. The third-order valence-corrected chi connectivity index (χ3v) is 4.25. The van der Waals surface area contributed by atoms with Gasteiger partial charge in [0.05, 0.1) is 0 Å². The molecule has 0 aliphatic heterocycles. The number of aromatic amines is 1. The van der Waals surface area contributed by atoms with Crippen molar-refractivity contribution in [3.63, 3.8) is 0 Å². The standard InChI is InChI=1S/C12H15BrN4OS/c1-7(14)5-8-3-4-9(13)6-10(8)19-12-16-15-11(18)17(12)2/h3-4,6-7H,5,14H2,1-2H3,(H,15,18). The molecule has 102 valence electrons. The molecule has 0 radical (unpaired) electrons. The van der Waals surface area contributed by atoms with E-state index in [-0.39, 0.29) is 11.7 Å². The molecule has 0 fully saturated rings. The summed E-state index contributed by atoms with van der Waals surface area (Å²) in [6, 6.07) is 6.14. The highest BCUT2D eigenvalue weighted by atomic mass is 79.9. The maximum atomic E-state index is 11.4. The Hall–Kier alpha value is -1.05. The van der Waals surface area contributed by atoms with Gasteiger partial charge in [-0.1, -0.05) is 22.0 Å². The number of hydrogen-bond acceptors (Lipinski definition) is 4. The fourth-order valence-electron chi connectivity index (χ4n) is 1.66. The average molecular weight is 343 g/mol. The molecule has 0 aliphatic rings. The molecule has 1 atom stereocenters. The van der Waals surface area contributed by atoms with E-state index < -0.39 is 0 Å². The fourth-order valence-corrected chi connectivity index (χ4v) is 3.15. The number of nitrogens with one attached hydrogen (secondary N) is 1. The summed E-state index contributed by atoms with van der Waals surface area (Å²) in [6.07, 6.45) is 0.786. The maximum absolute atomic E-state index is 11.4. The SMILES string of the molecule is CC(N)Cc1ccc(Br)cc1Sc1n[nH]c(=O)n1C. The van der Waals surface area contributed by atoms with Crippen molar-refractivity contribution in [1.82, 2.24) is 14.8 Å². The first-order valence-electron chi connectivity index (χ1n) is 5.80. The van der Waals surface area contributed by atoms with Crippen LogP contribution in [0.25, 0.3) is 0 Å². The summed E-state index contributed by atoms with van der Waals surface area (Å²) < 4.78 is 2.48. The summed E-state index contributed by atoms with van der Waals surface area (Å²) in [6.45, 7) is 1.97. The van der Waals surface area contributed by atoms with Crippen molar-refractivity contribution in [2.75, 3.05) is 0 Å². The Morgan fingerprint density at radius 3 is 2.89 bits per heavy atom. The van der Waals surface area contributed by atoms with Crippen molar-refractivity contribution in [3.8, 4) is 0 Å². The molecule has 2 aromatic rings. The smallest absolute Gasteiger partial charge is 0.328 e. The van der Waals surface area contributed by atoms with Crippen LogP contribution in [0.15, 0.2) is 37.5 Å². The monoisotopic (exact) mass is 342 g/mol. The molecule has 1 aromatic carbocycles. The van der Waals surface area contributed by atoms with E-state index in [2.05, 4.69) is 26.1 Å². The van der Waals surface area contributed by atoms with Gasteiger partial charge in [-0.05, 0) is 42.8 Å². The second-order valence-corrected chi connectivity index (χ2v) is 6.33. The number of rotatable bonds is 4. The summed E-state index contributed by atoms with van der Waals surface area (Å²) in [5.74, 6) is 0. The van der Waals surface area contributed by atoms with Crippen molar-refractivity contribution >= 4 is 27.7 Å². The first-order chi connectivity index (χ1) is 8.97. The number of H-pyrrole nitrogens is 1. The van der Waals surface area contributed by atoms with Crippen LogP contribution in [0.1, 0.15) is 12.5 Å². The predicted octanol–water partition coefficient (Wildman–Crippen LogP) is 1.91. The molecule has 0 saturated carbocycles. The fraction of sp³-hybridized carbons (Fsp3) is 0.333. The van der Waals surface area contributed by atoms with E-state index in [1.807, 2.05) is 25.1 Å². The van der Waals surface area contributed by atoms with E-state index >= 15 is 0 Å². The molecule has 0 saturated heterocycles. The largest absolute Gasteiger partial charge is 0.343 e. The Morgan fingerprint density at radius 1 is 1.58 bits per heavy atom. The lowest BCUT2D eigenvalue weighted by molar-refractivity contribution is 0.727. The maximum Gasteiger partial charge on any atom is 0.343 e. The van der Waals surface area contributed by atoms with Gasteiger partial charge in [-0.3, -0.25) is 4.57 Å². The van der Waals surface area contributed by atoms with Crippen molar-refractivity contribution in [1.29, 1.82) is 0 Å². The number of nitrogens with zero attached hydrogens (tertiary/aromatic N) is 2. The first-order valence-corrected chi connectivity index (χ1v) is 7.41. The highest BCUT2D eigenvalue weighted by Crippen LogP contribution is 2.31. The number of aromatic nitrogens is 3. The minimum Gasteiger partial charge on any atom is -0.328 e. The van der Waals surface area contributed by atoms with E-state index in [4.69, 9.17) is 5.73 Å². The first kappa shape index (κ1) is 14.4. The highest BCUT2D eigenvalue weighted by Gasteiger charge is 2.11. The molecule has 1 unspecified atom stereocenters. The molecular formula is C12H15BrN4OS. The molecule has 5 nitrogen and oxygen atoms in total. The quantitative estimate of drug-likeness (QED) is 0.889. The van der Waals surface area contributed by atoms with E-state index in [0.717, 1.165) is 21.4 Å². The van der Waals surface area contributed by atoms with Crippen molar-refractivity contribution in [2.45, 2.75) is 29.4 Å². The summed E-state index contributed by atoms with van der Waals surface area (Å²) in [4.78, 5) is 12.4. The van der Waals surface area contributed by atoms with Gasteiger partial charge in [-0.25, -0.2) is 9.89 Å². The van der Waals surface area contributed by atoms with Crippen LogP contribution in [-0.2, 0) is 13.5 Å². The number of halogens is 1. The molecule has 2 rings (SSSR count). The second kappa shape index (κ2) is 5.94. The van der Waals surface area contributed by atoms with Crippen LogP contribution >= 0.6 is 27.7 Å². The van der Waals surface area contributed by atoms with Crippen LogP contribution in [0.4, 0.5) is 0 Å². The topological polar surface area (TPSA) is 76.7 Å². The van der Waals surface area contributed by atoms with Gasteiger partial charge in [0, 0.05) is 22.5 Å². The van der Waals surface area contributed by atoms with Crippen LogP contribution in [-0.4, -0.2) is 20.8 Å². The molecule has 1 aromatic heterocycles. The molecular weight excluding hydrogens is 328 g/mol. The Kier molecular flexibility index (Phi) is 4.49. The summed E-state index contributed by atoms with van der Waals surface area (Å²) in [5.41, 5.74) is 6.80. The van der Waals surface area contributed by atoms with Crippen molar-refractivity contribution in [3.05, 3.63) is 38.7 Å². The molecule has 19 heavy (non-hydrogen) atoms. The number of hydrogen-bond donors (Lipinski definition) is 2. The van der Waals surface area contributed by atoms with Gasteiger partial charge in [0.25, 0.3) is 0 Å².